The molecule has 2 aliphatic rings. The van der Waals surface area contributed by atoms with Crippen LogP contribution < -0.4 is 20.9 Å². The van der Waals surface area contributed by atoms with Gasteiger partial charge in [-0.15, -0.1) is 0 Å². The summed E-state index contributed by atoms with van der Waals surface area (Å²) in [6.07, 6.45) is 4.78. The largest absolute Gasteiger partial charge is 0.444 e. The van der Waals surface area contributed by atoms with Crippen molar-refractivity contribution in [3.63, 3.8) is 0 Å². The number of hydrogen-bond donors (Lipinski definition) is 3. The van der Waals surface area contributed by atoms with Crippen LogP contribution in [0.1, 0.15) is 70.1 Å². The van der Waals surface area contributed by atoms with Crippen molar-refractivity contribution in [1.29, 1.82) is 0 Å². The number of amides is 3. The minimum Gasteiger partial charge on any atom is -0.444 e. The molecule has 1 aromatic heterocycles. The Kier molecular flexibility index (Phi) is 13.0. The molecule has 1 aliphatic heterocycles. The van der Waals surface area contributed by atoms with Gasteiger partial charge in [0.2, 0.25) is 11.8 Å². The summed E-state index contributed by atoms with van der Waals surface area (Å²) in [6, 6.07) is 17.0. The summed E-state index contributed by atoms with van der Waals surface area (Å²) in [5.41, 5.74) is 6.03. The molecule has 2 aromatic carbocycles. The van der Waals surface area contributed by atoms with Crippen molar-refractivity contribution in [3.8, 4) is 11.1 Å². The summed E-state index contributed by atoms with van der Waals surface area (Å²) in [5.74, 6) is 0.588. The van der Waals surface area contributed by atoms with Gasteiger partial charge in [0, 0.05) is 62.2 Å². The number of aryl methyl sites for hydroxylation is 1. The number of alkyl carbamates (subject to hydrolysis) is 1. The highest BCUT2D eigenvalue weighted by molar-refractivity contribution is 6.00. The van der Waals surface area contributed by atoms with Gasteiger partial charge >= 0.3 is 6.09 Å². The lowest BCUT2D eigenvalue weighted by molar-refractivity contribution is -0.130. The van der Waals surface area contributed by atoms with Gasteiger partial charge < -0.3 is 30.3 Å². The third-order valence-electron chi connectivity index (χ3n) is 9.80. The van der Waals surface area contributed by atoms with Crippen molar-refractivity contribution in [3.05, 3.63) is 77.5 Å². The highest BCUT2D eigenvalue weighted by Crippen LogP contribution is 2.30. The van der Waals surface area contributed by atoms with E-state index in [4.69, 9.17) is 14.5 Å². The molecule has 3 N–H and O–H groups in total. The molecule has 1 atom stereocenters. The van der Waals surface area contributed by atoms with Gasteiger partial charge in [-0.05, 0) is 107 Å². The second-order valence-electron chi connectivity index (χ2n) is 14.9. The highest BCUT2D eigenvalue weighted by atomic mass is 16.6. The molecule has 278 valence electrons. The van der Waals surface area contributed by atoms with Crippen molar-refractivity contribution in [1.82, 2.24) is 15.6 Å². The number of nitrogens with zero attached hydrogens (tertiary/aromatic N) is 3. The molecule has 1 aliphatic carbocycles. The number of carbonyl (C=O) groups is 3. The van der Waals surface area contributed by atoms with Crippen molar-refractivity contribution in [2.45, 2.75) is 78.4 Å². The zero-order valence-corrected chi connectivity index (χ0v) is 31.5. The highest BCUT2D eigenvalue weighted by Gasteiger charge is 2.30. The average Bonchev–Trinajstić information content (AvgIpc) is 3.13. The van der Waals surface area contributed by atoms with E-state index in [9.17, 15) is 14.4 Å². The number of morpholine rings is 1. The zero-order valence-electron chi connectivity index (χ0n) is 31.5. The first-order valence-corrected chi connectivity index (χ1v) is 18.4. The van der Waals surface area contributed by atoms with Crippen LogP contribution in [-0.4, -0.2) is 80.1 Å². The monoisotopic (exact) mass is 710 g/mol. The number of ether oxygens (including phenoxy) is 2. The van der Waals surface area contributed by atoms with Crippen molar-refractivity contribution in [2.75, 3.05) is 50.1 Å². The maximum absolute atomic E-state index is 13.9. The van der Waals surface area contributed by atoms with Crippen LogP contribution in [0.2, 0.25) is 0 Å². The van der Waals surface area contributed by atoms with Crippen molar-refractivity contribution >= 4 is 35.1 Å². The van der Waals surface area contributed by atoms with Gasteiger partial charge in [0.05, 0.1) is 13.2 Å². The predicted molar refractivity (Wildman–Crippen MR) is 206 cm³/mol. The fourth-order valence-corrected chi connectivity index (χ4v) is 6.73. The molecule has 52 heavy (non-hydrogen) atoms. The average molecular weight is 711 g/mol. The van der Waals surface area contributed by atoms with Gasteiger partial charge in [-0.3, -0.25) is 14.6 Å². The minimum atomic E-state index is -0.796. The lowest BCUT2D eigenvalue weighted by Gasteiger charge is -2.29. The molecule has 11 nitrogen and oxygen atoms in total. The summed E-state index contributed by atoms with van der Waals surface area (Å²) in [7, 11) is 1.75. The Bertz CT molecular complexity index is 1720. The first-order chi connectivity index (χ1) is 24.9. The summed E-state index contributed by atoms with van der Waals surface area (Å²) in [6.45, 7) is 13.1. The number of aromatic nitrogens is 1. The SMILES string of the molecule is CN=C(C)c1ccc(NC(=O)C(Cc2cccc(-c3cnc(N4CCOCC4)cc3C)c2)NC(=O)C2CCC(CNC(=O)OC(C)(C)C)CC2)cc1. The van der Waals surface area contributed by atoms with E-state index in [1.165, 1.54) is 0 Å². The van der Waals surface area contributed by atoms with Crippen LogP contribution >= 0.6 is 0 Å². The number of aliphatic imine (C=N–C) groups is 1. The Morgan fingerprint density at radius 2 is 1.73 bits per heavy atom. The number of carbonyl (C=O) groups excluding carboxylic acids is 3. The minimum absolute atomic E-state index is 0.126. The molecule has 3 aromatic rings. The molecule has 1 saturated carbocycles. The number of benzene rings is 2. The number of anilines is 2. The van der Waals surface area contributed by atoms with Crippen LogP contribution in [0.5, 0.6) is 0 Å². The molecular formula is C41H54N6O5. The number of rotatable bonds is 11. The number of nitrogens with one attached hydrogen (secondary N) is 3. The van der Waals surface area contributed by atoms with Gasteiger partial charge in [0.1, 0.15) is 17.5 Å². The van der Waals surface area contributed by atoms with Gasteiger partial charge in [-0.1, -0.05) is 36.4 Å². The van der Waals surface area contributed by atoms with Crippen LogP contribution in [0.25, 0.3) is 11.1 Å². The van der Waals surface area contributed by atoms with E-state index >= 15 is 0 Å². The molecule has 3 amide bonds. The first-order valence-electron chi connectivity index (χ1n) is 18.4. The first kappa shape index (κ1) is 38.5. The molecule has 2 fully saturated rings. The Morgan fingerprint density at radius 1 is 1.02 bits per heavy atom. The summed E-state index contributed by atoms with van der Waals surface area (Å²) < 4.78 is 10.9. The normalized spacial score (nSPS) is 18.7. The third-order valence-corrected chi connectivity index (χ3v) is 9.80. The lowest BCUT2D eigenvalue weighted by Crippen LogP contribution is -2.48. The maximum Gasteiger partial charge on any atom is 0.407 e. The van der Waals surface area contributed by atoms with Crippen LogP contribution in [0, 0.1) is 18.8 Å². The second-order valence-corrected chi connectivity index (χ2v) is 14.9. The quantitative estimate of drug-likeness (QED) is 0.198. The smallest absolute Gasteiger partial charge is 0.407 e. The Hall–Kier alpha value is -4.77. The number of pyridine rings is 1. The summed E-state index contributed by atoms with van der Waals surface area (Å²) in [5, 5.41) is 9.01. The predicted octanol–water partition coefficient (Wildman–Crippen LogP) is 6.33. The molecular weight excluding hydrogens is 656 g/mol. The van der Waals surface area contributed by atoms with E-state index in [0.717, 1.165) is 65.3 Å². The lowest BCUT2D eigenvalue weighted by atomic mass is 9.81. The van der Waals surface area contributed by atoms with E-state index in [2.05, 4.69) is 51.0 Å². The van der Waals surface area contributed by atoms with Crippen LogP contribution in [0.15, 0.2) is 65.8 Å². The summed E-state index contributed by atoms with van der Waals surface area (Å²) in [4.78, 5) is 51.0. The maximum atomic E-state index is 13.9. The molecule has 0 bridgehead atoms. The molecule has 5 rings (SSSR count). The van der Waals surface area contributed by atoms with Crippen LogP contribution in [0.4, 0.5) is 16.3 Å². The van der Waals surface area contributed by atoms with Gasteiger partial charge in [-0.25, -0.2) is 9.78 Å². The van der Waals surface area contributed by atoms with E-state index < -0.39 is 17.7 Å². The van der Waals surface area contributed by atoms with E-state index in [-0.39, 0.29) is 23.7 Å². The van der Waals surface area contributed by atoms with Crippen molar-refractivity contribution < 1.29 is 23.9 Å². The van der Waals surface area contributed by atoms with Crippen molar-refractivity contribution in [2.24, 2.45) is 16.8 Å². The topological polar surface area (TPSA) is 134 Å². The Balaban J connectivity index is 1.28. The molecule has 11 heteroatoms. The zero-order chi connectivity index (χ0) is 37.3. The van der Waals surface area contributed by atoms with Gasteiger partial charge in [0.15, 0.2) is 0 Å². The Labute approximate surface area is 308 Å². The Morgan fingerprint density at radius 3 is 2.38 bits per heavy atom. The fourth-order valence-electron chi connectivity index (χ4n) is 6.73. The summed E-state index contributed by atoms with van der Waals surface area (Å²) >= 11 is 0. The van der Waals surface area contributed by atoms with Crippen LogP contribution in [-0.2, 0) is 25.5 Å². The van der Waals surface area contributed by atoms with E-state index in [1.807, 2.05) is 70.3 Å². The fraction of sp³-hybridized carbons (Fsp3) is 0.488. The van der Waals surface area contributed by atoms with Gasteiger partial charge in [0.25, 0.3) is 0 Å². The molecule has 1 unspecified atom stereocenters. The van der Waals surface area contributed by atoms with Crippen LogP contribution in [0.3, 0.4) is 0 Å². The molecule has 1 saturated heterocycles. The third kappa shape index (κ3) is 10.9. The second kappa shape index (κ2) is 17.6. The van der Waals surface area contributed by atoms with Gasteiger partial charge in [-0.2, -0.15) is 0 Å². The van der Waals surface area contributed by atoms with E-state index in [1.54, 1.807) is 7.05 Å². The molecule has 2 heterocycles. The molecule has 0 radical (unpaired) electrons. The standard InChI is InChI=1S/C41H54N6O5/c1-27-22-37(47-18-20-51-21-19-47)43-26-35(27)33-9-7-8-30(23-33)24-36(39(49)45-34-16-14-31(15-17-34)28(2)42-6)46-38(48)32-12-10-29(11-13-32)25-44-40(50)52-41(3,4)5/h7-9,14-17,22-23,26,29,32,36H,10-13,18-21,24-25H2,1-6H3,(H,44,50)(H,45,49)(H,46,48). The number of hydrogen-bond acceptors (Lipinski definition) is 8. The van der Waals surface area contributed by atoms with E-state index in [0.29, 0.717) is 44.7 Å². The molecule has 0 spiro atoms.